The maximum absolute atomic E-state index is 12.9. The van der Waals surface area contributed by atoms with Crippen molar-refractivity contribution in [2.24, 2.45) is 0 Å². The molecule has 0 aromatic rings. The molecule has 1 aliphatic heterocycles. The van der Waals surface area contributed by atoms with E-state index in [2.05, 4.69) is 0 Å². The molecule has 1 saturated heterocycles. The van der Waals surface area contributed by atoms with Crippen LogP contribution in [-0.2, 0) is 4.74 Å². The third kappa shape index (κ3) is 1.67. The van der Waals surface area contributed by atoms with Crippen LogP contribution in [0.2, 0.25) is 0 Å². The number of halogens is 1. The fraction of sp³-hybridized carbons (Fsp3) is 1.00. The Bertz CT molecular complexity index is 110. The Morgan fingerprint density at radius 2 is 2.30 bits per heavy atom. The minimum Gasteiger partial charge on any atom is -0.378 e. The second kappa shape index (κ2) is 3.30. The minimum atomic E-state index is -0.802. The van der Waals surface area contributed by atoms with Crippen LogP contribution < -0.4 is 0 Å². The smallest absolute Gasteiger partial charge is 0.139 e. The molecule has 0 N–H and O–H groups in total. The summed E-state index contributed by atoms with van der Waals surface area (Å²) >= 11 is 0. The molecule has 1 fully saturated rings. The zero-order valence-corrected chi connectivity index (χ0v) is 6.51. The third-order valence-corrected chi connectivity index (χ3v) is 1.99. The minimum absolute atomic E-state index is 0.170. The van der Waals surface area contributed by atoms with Gasteiger partial charge in [0, 0.05) is 20.2 Å². The van der Waals surface area contributed by atoms with Crippen molar-refractivity contribution in [3.63, 3.8) is 0 Å². The average molecular weight is 147 g/mol. The lowest BCUT2D eigenvalue weighted by Crippen LogP contribution is -2.43. The molecule has 0 radical (unpaired) electrons. The van der Waals surface area contributed by atoms with E-state index >= 15 is 0 Å². The highest BCUT2D eigenvalue weighted by atomic mass is 19.1. The van der Waals surface area contributed by atoms with Gasteiger partial charge in [-0.25, -0.2) is 4.39 Å². The van der Waals surface area contributed by atoms with Gasteiger partial charge < -0.3 is 9.64 Å². The summed E-state index contributed by atoms with van der Waals surface area (Å²) in [5, 5.41) is 0. The second-order valence-corrected chi connectivity index (χ2v) is 2.84. The number of piperidine rings is 1. The third-order valence-electron chi connectivity index (χ3n) is 1.99. The molecule has 0 aliphatic carbocycles. The van der Waals surface area contributed by atoms with Crippen LogP contribution in [0.3, 0.4) is 0 Å². The van der Waals surface area contributed by atoms with Crippen molar-refractivity contribution in [1.82, 2.24) is 4.90 Å². The van der Waals surface area contributed by atoms with Crippen LogP contribution in [0, 0.1) is 0 Å². The SMILES string of the molecule is CO[C@H]1CCN(C)C[C@H]1F. The number of methoxy groups -OCH3 is 1. The lowest BCUT2D eigenvalue weighted by Gasteiger charge is -2.30. The van der Waals surface area contributed by atoms with Crippen LogP contribution in [0.5, 0.6) is 0 Å². The van der Waals surface area contributed by atoms with Gasteiger partial charge in [-0.2, -0.15) is 0 Å². The molecule has 0 amide bonds. The van der Waals surface area contributed by atoms with Gasteiger partial charge in [0.1, 0.15) is 6.17 Å². The molecule has 60 valence electrons. The predicted octanol–water partition coefficient (Wildman–Crippen LogP) is 0.675. The van der Waals surface area contributed by atoms with Crippen LogP contribution in [0.1, 0.15) is 6.42 Å². The lowest BCUT2D eigenvalue weighted by atomic mass is 10.1. The van der Waals surface area contributed by atoms with Gasteiger partial charge in [-0.1, -0.05) is 0 Å². The molecule has 1 aliphatic rings. The van der Waals surface area contributed by atoms with Gasteiger partial charge in [-0.05, 0) is 13.5 Å². The van der Waals surface area contributed by atoms with Gasteiger partial charge in [0.15, 0.2) is 0 Å². The molecule has 0 unspecified atom stereocenters. The van der Waals surface area contributed by atoms with Crippen LogP contribution in [0.25, 0.3) is 0 Å². The number of hydrogen-bond donors (Lipinski definition) is 0. The summed E-state index contributed by atoms with van der Waals surface area (Å²) in [6.45, 7) is 1.46. The average Bonchev–Trinajstić information content (AvgIpc) is 1.88. The summed E-state index contributed by atoms with van der Waals surface area (Å²) in [6, 6.07) is 0. The van der Waals surface area contributed by atoms with Crippen molar-refractivity contribution in [3.8, 4) is 0 Å². The lowest BCUT2D eigenvalue weighted by molar-refractivity contribution is -0.0158. The first-order chi connectivity index (χ1) is 4.74. The largest absolute Gasteiger partial charge is 0.378 e. The van der Waals surface area contributed by atoms with Gasteiger partial charge in [0.2, 0.25) is 0 Å². The topological polar surface area (TPSA) is 12.5 Å². The van der Waals surface area contributed by atoms with Gasteiger partial charge in [0.05, 0.1) is 6.10 Å². The molecule has 0 bridgehead atoms. The first-order valence-electron chi connectivity index (χ1n) is 3.59. The molecule has 0 spiro atoms. The van der Waals surface area contributed by atoms with E-state index in [1.54, 1.807) is 7.11 Å². The highest BCUT2D eigenvalue weighted by Crippen LogP contribution is 2.14. The molecule has 1 rings (SSSR count). The Balaban J connectivity index is 2.36. The molecular formula is C7H14FNO. The van der Waals surface area contributed by atoms with E-state index in [0.29, 0.717) is 6.54 Å². The Labute approximate surface area is 61.0 Å². The van der Waals surface area contributed by atoms with Crippen LogP contribution >= 0.6 is 0 Å². The van der Waals surface area contributed by atoms with E-state index in [4.69, 9.17) is 4.74 Å². The van der Waals surface area contributed by atoms with Gasteiger partial charge in [0.25, 0.3) is 0 Å². The van der Waals surface area contributed by atoms with E-state index in [1.807, 2.05) is 11.9 Å². The molecule has 0 aromatic carbocycles. The van der Waals surface area contributed by atoms with Crippen LogP contribution in [-0.4, -0.2) is 44.4 Å². The van der Waals surface area contributed by atoms with Gasteiger partial charge in [-0.3, -0.25) is 0 Å². The fourth-order valence-electron chi connectivity index (χ4n) is 1.30. The monoisotopic (exact) mass is 147 g/mol. The highest BCUT2D eigenvalue weighted by Gasteiger charge is 2.26. The van der Waals surface area contributed by atoms with Crippen molar-refractivity contribution < 1.29 is 9.13 Å². The molecule has 2 atom stereocenters. The molecule has 10 heavy (non-hydrogen) atoms. The Kier molecular flexibility index (Phi) is 2.63. The van der Waals surface area contributed by atoms with E-state index in [9.17, 15) is 4.39 Å². The standard InChI is InChI=1S/C7H14FNO/c1-9-4-3-7(10-2)6(8)5-9/h6-7H,3-5H2,1-2H3/t6-,7+/m1/s1. The summed E-state index contributed by atoms with van der Waals surface area (Å²) in [7, 11) is 3.50. The highest BCUT2D eigenvalue weighted by molar-refractivity contribution is 4.78. The zero-order chi connectivity index (χ0) is 7.56. The number of ether oxygens (including phenoxy) is 1. The summed E-state index contributed by atoms with van der Waals surface area (Å²) in [6.07, 6.45) is -0.159. The molecule has 1 heterocycles. The van der Waals surface area contributed by atoms with Crippen LogP contribution in [0.4, 0.5) is 4.39 Å². The second-order valence-electron chi connectivity index (χ2n) is 2.84. The van der Waals surface area contributed by atoms with Gasteiger partial charge in [-0.15, -0.1) is 0 Å². The number of hydrogen-bond acceptors (Lipinski definition) is 2. The summed E-state index contributed by atoms with van der Waals surface area (Å²) in [5.74, 6) is 0. The van der Waals surface area contributed by atoms with E-state index in [-0.39, 0.29) is 6.10 Å². The van der Waals surface area contributed by atoms with E-state index in [0.717, 1.165) is 13.0 Å². The molecular weight excluding hydrogens is 133 g/mol. The summed E-state index contributed by atoms with van der Waals surface area (Å²) in [4.78, 5) is 1.99. The van der Waals surface area contributed by atoms with Crippen LogP contribution in [0.15, 0.2) is 0 Å². The van der Waals surface area contributed by atoms with E-state index < -0.39 is 6.17 Å². The maximum Gasteiger partial charge on any atom is 0.139 e. The number of nitrogens with zero attached hydrogens (tertiary/aromatic N) is 1. The first-order valence-corrected chi connectivity index (χ1v) is 3.59. The molecule has 2 nitrogen and oxygen atoms in total. The summed E-state index contributed by atoms with van der Waals surface area (Å²) < 4.78 is 17.9. The molecule has 3 heteroatoms. The number of likely N-dealkylation sites (tertiary alicyclic amines) is 1. The van der Waals surface area contributed by atoms with Crippen molar-refractivity contribution >= 4 is 0 Å². The van der Waals surface area contributed by atoms with Crippen molar-refractivity contribution in [2.75, 3.05) is 27.2 Å². The zero-order valence-electron chi connectivity index (χ0n) is 6.51. The number of alkyl halides is 1. The molecule has 0 aromatic heterocycles. The molecule has 0 saturated carbocycles. The van der Waals surface area contributed by atoms with E-state index in [1.165, 1.54) is 0 Å². The fourth-order valence-corrected chi connectivity index (χ4v) is 1.30. The number of rotatable bonds is 1. The summed E-state index contributed by atoms with van der Waals surface area (Å²) in [5.41, 5.74) is 0. The first kappa shape index (κ1) is 7.95. The maximum atomic E-state index is 12.9. The Morgan fingerprint density at radius 3 is 2.80 bits per heavy atom. The predicted molar refractivity (Wildman–Crippen MR) is 37.8 cm³/mol. The van der Waals surface area contributed by atoms with Crippen molar-refractivity contribution in [1.29, 1.82) is 0 Å². The quantitative estimate of drug-likeness (QED) is 0.540. The van der Waals surface area contributed by atoms with Crippen molar-refractivity contribution in [3.05, 3.63) is 0 Å². The Morgan fingerprint density at radius 1 is 1.60 bits per heavy atom. The van der Waals surface area contributed by atoms with Gasteiger partial charge >= 0.3 is 0 Å². The Hall–Kier alpha value is -0.150. The van der Waals surface area contributed by atoms with Crippen molar-refractivity contribution in [2.45, 2.75) is 18.7 Å². The normalized spacial score (nSPS) is 36.3.